The molecule has 0 spiro atoms. The standard InChI is InChI=1S/C12H16N4/c1-10-2-5-16(8-11(10)6-13)9-12-7-14-3-4-15-12/h3-4,7,10-11H,2,5,8-9H2,1H3. The van der Waals surface area contributed by atoms with Crippen LogP contribution in [-0.2, 0) is 6.54 Å². The van der Waals surface area contributed by atoms with Gasteiger partial charge in [0.05, 0.1) is 17.7 Å². The van der Waals surface area contributed by atoms with Gasteiger partial charge < -0.3 is 0 Å². The van der Waals surface area contributed by atoms with Gasteiger partial charge in [0.15, 0.2) is 0 Å². The topological polar surface area (TPSA) is 52.8 Å². The van der Waals surface area contributed by atoms with E-state index in [-0.39, 0.29) is 5.92 Å². The van der Waals surface area contributed by atoms with E-state index in [0.717, 1.165) is 31.7 Å². The van der Waals surface area contributed by atoms with Crippen molar-refractivity contribution in [3.63, 3.8) is 0 Å². The minimum absolute atomic E-state index is 0.158. The quantitative estimate of drug-likeness (QED) is 0.751. The van der Waals surface area contributed by atoms with E-state index in [2.05, 4.69) is 27.9 Å². The predicted octanol–water partition coefficient (Wildman–Crippen LogP) is 1.46. The number of nitriles is 1. The monoisotopic (exact) mass is 216 g/mol. The molecular weight excluding hydrogens is 200 g/mol. The fourth-order valence-corrected chi connectivity index (χ4v) is 2.09. The lowest BCUT2D eigenvalue weighted by Gasteiger charge is -2.33. The van der Waals surface area contributed by atoms with Crippen LogP contribution in [0.2, 0.25) is 0 Å². The Bertz CT molecular complexity index is 370. The van der Waals surface area contributed by atoms with Crippen molar-refractivity contribution in [2.45, 2.75) is 19.9 Å². The summed E-state index contributed by atoms with van der Waals surface area (Å²) in [6.45, 7) is 4.87. The van der Waals surface area contributed by atoms with Crippen LogP contribution in [0.3, 0.4) is 0 Å². The molecule has 0 aliphatic carbocycles. The minimum Gasteiger partial charge on any atom is -0.296 e. The van der Waals surface area contributed by atoms with Gasteiger partial charge in [0.2, 0.25) is 0 Å². The molecule has 2 unspecified atom stereocenters. The van der Waals surface area contributed by atoms with Crippen LogP contribution in [0, 0.1) is 23.2 Å². The summed E-state index contributed by atoms with van der Waals surface area (Å²) in [5, 5.41) is 9.04. The summed E-state index contributed by atoms with van der Waals surface area (Å²) in [6, 6.07) is 2.39. The molecule has 0 N–H and O–H groups in total. The lowest BCUT2D eigenvalue weighted by atomic mass is 9.88. The summed E-state index contributed by atoms with van der Waals surface area (Å²) in [7, 11) is 0. The molecular formula is C12H16N4. The van der Waals surface area contributed by atoms with Crippen molar-refractivity contribution < 1.29 is 0 Å². The molecule has 16 heavy (non-hydrogen) atoms. The maximum Gasteiger partial charge on any atom is 0.0726 e. The van der Waals surface area contributed by atoms with E-state index in [0.29, 0.717) is 5.92 Å². The summed E-state index contributed by atoms with van der Waals surface area (Å²) < 4.78 is 0. The first-order chi connectivity index (χ1) is 7.79. The normalized spacial score (nSPS) is 26.2. The van der Waals surface area contributed by atoms with E-state index in [4.69, 9.17) is 5.26 Å². The molecule has 2 atom stereocenters. The Labute approximate surface area is 95.9 Å². The number of hydrogen-bond acceptors (Lipinski definition) is 4. The van der Waals surface area contributed by atoms with Crippen molar-refractivity contribution in [2.24, 2.45) is 11.8 Å². The zero-order valence-electron chi connectivity index (χ0n) is 9.50. The van der Waals surface area contributed by atoms with Crippen LogP contribution in [0.4, 0.5) is 0 Å². The molecule has 4 heteroatoms. The fraction of sp³-hybridized carbons (Fsp3) is 0.583. The Hall–Kier alpha value is -1.47. The number of hydrogen-bond donors (Lipinski definition) is 0. The second-order valence-electron chi connectivity index (χ2n) is 4.43. The number of aromatic nitrogens is 2. The van der Waals surface area contributed by atoms with Crippen LogP contribution in [0.25, 0.3) is 0 Å². The summed E-state index contributed by atoms with van der Waals surface area (Å²) in [4.78, 5) is 10.6. The molecule has 0 radical (unpaired) electrons. The number of nitrogens with zero attached hydrogens (tertiary/aromatic N) is 4. The zero-order chi connectivity index (χ0) is 11.4. The average molecular weight is 216 g/mol. The van der Waals surface area contributed by atoms with E-state index in [1.807, 2.05) is 0 Å². The first-order valence-electron chi connectivity index (χ1n) is 5.66. The van der Waals surface area contributed by atoms with Crippen LogP contribution < -0.4 is 0 Å². The Morgan fingerprint density at radius 3 is 3.12 bits per heavy atom. The highest BCUT2D eigenvalue weighted by Gasteiger charge is 2.25. The molecule has 1 aliphatic rings. The van der Waals surface area contributed by atoms with Gasteiger partial charge in [-0.25, -0.2) is 0 Å². The molecule has 0 aromatic carbocycles. The molecule has 2 heterocycles. The van der Waals surface area contributed by atoms with Crippen molar-refractivity contribution in [1.29, 1.82) is 5.26 Å². The third kappa shape index (κ3) is 2.56. The maximum absolute atomic E-state index is 9.04. The molecule has 1 fully saturated rings. The smallest absolute Gasteiger partial charge is 0.0726 e. The lowest BCUT2D eigenvalue weighted by Crippen LogP contribution is -2.38. The van der Waals surface area contributed by atoms with Gasteiger partial charge in [0.1, 0.15) is 0 Å². The van der Waals surface area contributed by atoms with E-state index in [9.17, 15) is 0 Å². The van der Waals surface area contributed by atoms with E-state index in [1.54, 1.807) is 18.6 Å². The summed E-state index contributed by atoms with van der Waals surface area (Å²) in [5.41, 5.74) is 0.980. The molecule has 1 saturated heterocycles. The second-order valence-corrected chi connectivity index (χ2v) is 4.43. The van der Waals surface area contributed by atoms with Crippen LogP contribution in [0.5, 0.6) is 0 Å². The Kier molecular flexibility index (Phi) is 3.47. The third-order valence-corrected chi connectivity index (χ3v) is 3.21. The molecule has 1 aromatic heterocycles. The van der Waals surface area contributed by atoms with E-state index < -0.39 is 0 Å². The highest BCUT2D eigenvalue weighted by Crippen LogP contribution is 2.23. The van der Waals surface area contributed by atoms with Crippen molar-refractivity contribution in [3.8, 4) is 6.07 Å². The highest BCUT2D eigenvalue weighted by atomic mass is 15.1. The molecule has 0 saturated carbocycles. The van der Waals surface area contributed by atoms with Crippen LogP contribution in [-0.4, -0.2) is 28.0 Å². The highest BCUT2D eigenvalue weighted by molar-refractivity contribution is 4.97. The minimum atomic E-state index is 0.158. The largest absolute Gasteiger partial charge is 0.296 e. The van der Waals surface area contributed by atoms with Gasteiger partial charge in [-0.2, -0.15) is 5.26 Å². The van der Waals surface area contributed by atoms with Gasteiger partial charge >= 0.3 is 0 Å². The van der Waals surface area contributed by atoms with Gasteiger partial charge in [0, 0.05) is 31.7 Å². The van der Waals surface area contributed by atoms with E-state index in [1.165, 1.54) is 0 Å². The number of likely N-dealkylation sites (tertiary alicyclic amines) is 1. The Balaban J connectivity index is 1.95. The second kappa shape index (κ2) is 5.04. The van der Waals surface area contributed by atoms with Gasteiger partial charge in [-0.05, 0) is 18.9 Å². The third-order valence-electron chi connectivity index (χ3n) is 3.21. The Morgan fingerprint density at radius 1 is 1.56 bits per heavy atom. The molecule has 0 bridgehead atoms. The van der Waals surface area contributed by atoms with Crippen molar-refractivity contribution in [2.75, 3.05) is 13.1 Å². The van der Waals surface area contributed by atoms with Gasteiger partial charge in [-0.1, -0.05) is 6.92 Å². The van der Waals surface area contributed by atoms with Crippen LogP contribution >= 0.6 is 0 Å². The van der Waals surface area contributed by atoms with Crippen molar-refractivity contribution in [1.82, 2.24) is 14.9 Å². The van der Waals surface area contributed by atoms with E-state index >= 15 is 0 Å². The summed E-state index contributed by atoms with van der Waals surface area (Å²) >= 11 is 0. The van der Waals surface area contributed by atoms with Gasteiger partial charge in [-0.3, -0.25) is 14.9 Å². The Morgan fingerprint density at radius 2 is 2.44 bits per heavy atom. The average Bonchev–Trinajstić information content (AvgIpc) is 2.33. The molecule has 4 nitrogen and oxygen atoms in total. The summed E-state index contributed by atoms with van der Waals surface area (Å²) in [6.07, 6.45) is 6.28. The SMILES string of the molecule is CC1CCN(Cc2cnccn2)CC1C#N. The van der Waals surface area contributed by atoms with Gasteiger partial charge in [-0.15, -0.1) is 0 Å². The zero-order valence-corrected chi connectivity index (χ0v) is 9.50. The first kappa shape index (κ1) is 11.0. The lowest BCUT2D eigenvalue weighted by molar-refractivity contribution is 0.148. The molecule has 1 aliphatic heterocycles. The molecule has 1 aromatic rings. The molecule has 0 amide bonds. The van der Waals surface area contributed by atoms with Crippen LogP contribution in [0.15, 0.2) is 18.6 Å². The summed E-state index contributed by atoms with van der Waals surface area (Å²) in [5.74, 6) is 0.675. The van der Waals surface area contributed by atoms with Crippen molar-refractivity contribution >= 4 is 0 Å². The fourth-order valence-electron chi connectivity index (χ4n) is 2.09. The predicted molar refractivity (Wildman–Crippen MR) is 60.2 cm³/mol. The molecule has 2 rings (SSSR count). The van der Waals surface area contributed by atoms with Crippen LogP contribution in [0.1, 0.15) is 19.0 Å². The maximum atomic E-state index is 9.04. The van der Waals surface area contributed by atoms with Gasteiger partial charge in [0.25, 0.3) is 0 Å². The molecule has 84 valence electrons. The number of rotatable bonds is 2. The van der Waals surface area contributed by atoms with Crippen molar-refractivity contribution in [3.05, 3.63) is 24.3 Å². The number of piperidine rings is 1. The first-order valence-corrected chi connectivity index (χ1v) is 5.66.